The summed E-state index contributed by atoms with van der Waals surface area (Å²) in [6.07, 6.45) is 4.42. The van der Waals surface area contributed by atoms with E-state index < -0.39 is 0 Å². The number of aromatic nitrogens is 3. The minimum Gasteiger partial charge on any atom is -0.494 e. The van der Waals surface area contributed by atoms with Crippen molar-refractivity contribution < 1.29 is 9.53 Å². The van der Waals surface area contributed by atoms with Crippen LogP contribution in [0.25, 0.3) is 0 Å². The molecule has 0 N–H and O–H groups in total. The molecule has 0 aliphatic carbocycles. The molecule has 0 radical (unpaired) electrons. The summed E-state index contributed by atoms with van der Waals surface area (Å²) < 4.78 is 7.21. The zero-order valence-corrected chi connectivity index (χ0v) is 12.0. The minimum absolute atomic E-state index is 0.0562. The minimum atomic E-state index is 0.0562. The lowest BCUT2D eigenvalue weighted by Gasteiger charge is -2.16. The van der Waals surface area contributed by atoms with Gasteiger partial charge in [0.05, 0.1) is 18.8 Å². The monoisotopic (exact) mass is 286 g/mol. The highest BCUT2D eigenvalue weighted by molar-refractivity contribution is 5.94. The first kappa shape index (κ1) is 13.6. The quantitative estimate of drug-likeness (QED) is 0.859. The largest absolute Gasteiger partial charge is 0.494 e. The highest BCUT2D eigenvalue weighted by Crippen LogP contribution is 2.22. The van der Waals surface area contributed by atoms with Crippen molar-refractivity contribution >= 4 is 5.91 Å². The summed E-state index contributed by atoms with van der Waals surface area (Å²) in [7, 11) is 0. The third kappa shape index (κ3) is 2.89. The number of ether oxygens (including phenoxy) is 1. The average Bonchev–Trinajstić information content (AvgIpc) is 3.19. The van der Waals surface area contributed by atoms with Gasteiger partial charge < -0.3 is 9.64 Å². The van der Waals surface area contributed by atoms with E-state index in [2.05, 4.69) is 10.3 Å². The fourth-order valence-corrected chi connectivity index (χ4v) is 2.60. The third-order valence-electron chi connectivity index (χ3n) is 3.68. The van der Waals surface area contributed by atoms with Crippen molar-refractivity contribution in [3.63, 3.8) is 0 Å². The van der Waals surface area contributed by atoms with E-state index in [-0.39, 0.29) is 11.9 Å². The number of hydrogen-bond donors (Lipinski definition) is 0. The predicted molar refractivity (Wildman–Crippen MR) is 77.2 cm³/mol. The third-order valence-corrected chi connectivity index (χ3v) is 3.68. The Labute approximate surface area is 123 Å². The van der Waals surface area contributed by atoms with Gasteiger partial charge in [0.15, 0.2) is 0 Å². The molecule has 1 aliphatic rings. The van der Waals surface area contributed by atoms with Gasteiger partial charge in [-0.05, 0) is 37.6 Å². The van der Waals surface area contributed by atoms with Gasteiger partial charge in [-0.15, -0.1) is 5.10 Å². The van der Waals surface area contributed by atoms with Crippen LogP contribution in [0.5, 0.6) is 5.75 Å². The van der Waals surface area contributed by atoms with Crippen LogP contribution in [0, 0.1) is 0 Å². The normalized spacial score (nSPS) is 18.0. The molecular weight excluding hydrogens is 268 g/mol. The summed E-state index contributed by atoms with van der Waals surface area (Å²) in [4.78, 5) is 14.3. The molecule has 1 aromatic carbocycles. The SMILES string of the molecule is CCOc1ccc(C(=O)N2CCC(n3ccnn3)C2)cc1. The van der Waals surface area contributed by atoms with Crippen LogP contribution in [0.4, 0.5) is 0 Å². The van der Waals surface area contributed by atoms with Crippen LogP contribution in [0.1, 0.15) is 29.7 Å². The van der Waals surface area contributed by atoms with E-state index in [1.165, 1.54) is 0 Å². The number of likely N-dealkylation sites (tertiary alicyclic amines) is 1. The zero-order chi connectivity index (χ0) is 14.7. The van der Waals surface area contributed by atoms with E-state index in [0.717, 1.165) is 18.7 Å². The van der Waals surface area contributed by atoms with E-state index in [1.54, 1.807) is 6.20 Å². The van der Waals surface area contributed by atoms with Crippen LogP contribution in [-0.4, -0.2) is 45.5 Å². The van der Waals surface area contributed by atoms with E-state index in [4.69, 9.17) is 4.74 Å². The first-order chi connectivity index (χ1) is 10.3. The summed E-state index contributed by atoms with van der Waals surface area (Å²) >= 11 is 0. The molecule has 21 heavy (non-hydrogen) atoms. The Morgan fingerprint density at radius 1 is 1.38 bits per heavy atom. The summed E-state index contributed by atoms with van der Waals surface area (Å²) in [6, 6.07) is 7.52. The zero-order valence-electron chi connectivity index (χ0n) is 12.0. The van der Waals surface area contributed by atoms with Gasteiger partial charge in [-0.2, -0.15) is 0 Å². The Bertz CT molecular complexity index is 595. The number of carbonyl (C=O) groups excluding carboxylic acids is 1. The molecule has 1 atom stereocenters. The predicted octanol–water partition coefficient (Wildman–Crippen LogP) is 1.76. The topological polar surface area (TPSA) is 60.2 Å². The summed E-state index contributed by atoms with van der Waals surface area (Å²) in [5, 5.41) is 7.83. The Morgan fingerprint density at radius 2 is 2.19 bits per heavy atom. The molecule has 0 spiro atoms. The van der Waals surface area contributed by atoms with Crippen LogP contribution < -0.4 is 4.74 Å². The Kier molecular flexibility index (Phi) is 3.85. The number of hydrogen-bond acceptors (Lipinski definition) is 4. The molecule has 0 saturated carbocycles. The van der Waals surface area contributed by atoms with Crippen LogP contribution in [0.15, 0.2) is 36.7 Å². The molecular formula is C15H18N4O2. The van der Waals surface area contributed by atoms with Crippen LogP contribution >= 0.6 is 0 Å². The number of carbonyl (C=O) groups is 1. The summed E-state index contributed by atoms with van der Waals surface area (Å²) in [5.74, 6) is 0.844. The molecule has 110 valence electrons. The standard InChI is InChI=1S/C15H18N4O2/c1-2-21-14-5-3-12(4-6-14)15(20)18-9-7-13(11-18)19-10-8-16-17-19/h3-6,8,10,13H,2,7,9,11H2,1H3. The summed E-state index contributed by atoms with van der Waals surface area (Å²) in [6.45, 7) is 3.98. The van der Waals surface area contributed by atoms with Crippen LogP contribution in [-0.2, 0) is 0 Å². The fourth-order valence-electron chi connectivity index (χ4n) is 2.60. The van der Waals surface area contributed by atoms with Gasteiger partial charge in [0.1, 0.15) is 5.75 Å². The van der Waals surface area contributed by atoms with Crippen LogP contribution in [0.3, 0.4) is 0 Å². The smallest absolute Gasteiger partial charge is 0.253 e. The Morgan fingerprint density at radius 3 is 2.86 bits per heavy atom. The first-order valence-corrected chi connectivity index (χ1v) is 7.16. The highest BCUT2D eigenvalue weighted by Gasteiger charge is 2.28. The van der Waals surface area contributed by atoms with Gasteiger partial charge >= 0.3 is 0 Å². The maximum Gasteiger partial charge on any atom is 0.253 e. The fraction of sp³-hybridized carbons (Fsp3) is 0.400. The van der Waals surface area contributed by atoms with E-state index >= 15 is 0 Å². The average molecular weight is 286 g/mol. The van der Waals surface area contributed by atoms with Crippen molar-refractivity contribution in [3.8, 4) is 5.75 Å². The second kappa shape index (κ2) is 5.95. The molecule has 1 saturated heterocycles. The highest BCUT2D eigenvalue weighted by atomic mass is 16.5. The Balaban J connectivity index is 1.66. The maximum absolute atomic E-state index is 12.5. The second-order valence-corrected chi connectivity index (χ2v) is 5.03. The Hall–Kier alpha value is -2.37. The summed E-state index contributed by atoms with van der Waals surface area (Å²) in [5.41, 5.74) is 0.692. The molecule has 1 fully saturated rings. The van der Waals surface area contributed by atoms with Gasteiger partial charge in [0.2, 0.25) is 0 Å². The molecule has 1 aliphatic heterocycles. The molecule has 2 aromatic rings. The molecule has 1 amide bonds. The number of nitrogens with zero attached hydrogens (tertiary/aromatic N) is 4. The van der Waals surface area contributed by atoms with E-state index in [1.807, 2.05) is 47.0 Å². The number of rotatable bonds is 4. The van der Waals surface area contributed by atoms with Gasteiger partial charge in [0.25, 0.3) is 5.91 Å². The maximum atomic E-state index is 12.5. The van der Waals surface area contributed by atoms with E-state index in [0.29, 0.717) is 18.7 Å². The molecule has 3 rings (SSSR count). The van der Waals surface area contributed by atoms with E-state index in [9.17, 15) is 4.79 Å². The van der Waals surface area contributed by atoms with Gasteiger partial charge in [-0.1, -0.05) is 5.21 Å². The lowest BCUT2D eigenvalue weighted by atomic mass is 10.2. The molecule has 1 aromatic heterocycles. The molecule has 0 bridgehead atoms. The molecule has 1 unspecified atom stereocenters. The van der Waals surface area contributed by atoms with Crippen molar-refractivity contribution in [1.82, 2.24) is 19.9 Å². The van der Waals surface area contributed by atoms with Gasteiger partial charge in [-0.3, -0.25) is 4.79 Å². The van der Waals surface area contributed by atoms with Crippen molar-refractivity contribution in [1.29, 1.82) is 0 Å². The van der Waals surface area contributed by atoms with Gasteiger partial charge in [-0.25, -0.2) is 4.68 Å². The lowest BCUT2D eigenvalue weighted by molar-refractivity contribution is 0.0787. The van der Waals surface area contributed by atoms with Crippen molar-refractivity contribution in [2.75, 3.05) is 19.7 Å². The van der Waals surface area contributed by atoms with Crippen molar-refractivity contribution in [2.45, 2.75) is 19.4 Å². The van der Waals surface area contributed by atoms with Crippen molar-refractivity contribution in [2.24, 2.45) is 0 Å². The number of amides is 1. The second-order valence-electron chi connectivity index (χ2n) is 5.03. The first-order valence-electron chi connectivity index (χ1n) is 7.16. The van der Waals surface area contributed by atoms with Crippen LogP contribution in [0.2, 0.25) is 0 Å². The molecule has 6 nitrogen and oxygen atoms in total. The number of benzene rings is 1. The lowest BCUT2D eigenvalue weighted by Crippen LogP contribution is -2.29. The molecule has 6 heteroatoms. The van der Waals surface area contributed by atoms with Gasteiger partial charge in [0, 0.05) is 24.8 Å². The van der Waals surface area contributed by atoms with Crippen molar-refractivity contribution in [3.05, 3.63) is 42.2 Å². The molecule has 2 heterocycles.